The van der Waals surface area contributed by atoms with Crippen LogP contribution in [0.3, 0.4) is 0 Å². The summed E-state index contributed by atoms with van der Waals surface area (Å²) in [5.41, 5.74) is 3.61. The number of anilines is 1. The number of amides is 4. The number of imide groups is 2. The van der Waals surface area contributed by atoms with Gasteiger partial charge in [0.25, 0.3) is 11.8 Å². The van der Waals surface area contributed by atoms with Crippen molar-refractivity contribution in [2.24, 2.45) is 0 Å². The summed E-state index contributed by atoms with van der Waals surface area (Å²) in [6, 6.07) is 13.7. The number of carbonyl (C=O) groups excluding carboxylic acids is 3. The zero-order valence-corrected chi connectivity index (χ0v) is 20.6. The highest BCUT2D eigenvalue weighted by molar-refractivity contribution is 6.39. The summed E-state index contributed by atoms with van der Waals surface area (Å²) in [5, 5.41) is 11.9. The van der Waals surface area contributed by atoms with E-state index in [9.17, 15) is 19.5 Å². The molecule has 1 aliphatic heterocycles. The Balaban J connectivity index is 1.63. The first-order valence-corrected chi connectivity index (χ1v) is 11.3. The molecule has 4 amide bonds. The maximum absolute atomic E-state index is 13.1. The number of barbiturate groups is 1. The number of nitrogens with one attached hydrogen (secondary N) is 1. The van der Waals surface area contributed by atoms with Gasteiger partial charge in [0, 0.05) is 0 Å². The van der Waals surface area contributed by atoms with Gasteiger partial charge in [-0.3, -0.25) is 14.9 Å². The number of hydrogen-bond donors (Lipinski definition) is 2. The van der Waals surface area contributed by atoms with E-state index in [1.807, 2.05) is 32.0 Å². The zero-order valence-electron chi connectivity index (χ0n) is 19.8. The monoisotopic (exact) mass is 506 g/mol. The zero-order chi connectivity index (χ0) is 26.0. The molecule has 0 saturated carbocycles. The van der Waals surface area contributed by atoms with E-state index in [1.54, 1.807) is 6.07 Å². The molecule has 1 saturated heterocycles. The molecule has 1 aliphatic rings. The van der Waals surface area contributed by atoms with E-state index < -0.39 is 17.8 Å². The number of urea groups is 1. The molecule has 0 aliphatic carbocycles. The lowest BCUT2D eigenvalue weighted by Gasteiger charge is -2.26. The Morgan fingerprint density at radius 2 is 1.72 bits per heavy atom. The average molecular weight is 507 g/mol. The van der Waals surface area contributed by atoms with Crippen LogP contribution in [0, 0.1) is 13.8 Å². The summed E-state index contributed by atoms with van der Waals surface area (Å²) in [6.07, 6.45) is 1.32. The molecule has 9 heteroatoms. The first kappa shape index (κ1) is 24.8. The van der Waals surface area contributed by atoms with Crippen LogP contribution in [-0.4, -0.2) is 30.1 Å². The molecule has 3 aromatic rings. The van der Waals surface area contributed by atoms with Crippen LogP contribution in [0.5, 0.6) is 17.2 Å². The number of carbonyl (C=O) groups is 3. The van der Waals surface area contributed by atoms with Crippen LogP contribution in [-0.2, 0) is 16.2 Å². The normalized spacial score (nSPS) is 14.7. The van der Waals surface area contributed by atoms with Crippen LogP contribution in [0.25, 0.3) is 6.08 Å². The van der Waals surface area contributed by atoms with E-state index in [4.69, 9.17) is 21.1 Å². The molecule has 4 rings (SSSR count). The molecule has 8 nitrogen and oxygen atoms in total. The molecular formula is C27H23ClN2O6. The largest absolute Gasteiger partial charge is 0.508 e. The van der Waals surface area contributed by atoms with Gasteiger partial charge < -0.3 is 14.6 Å². The van der Waals surface area contributed by atoms with Crippen LogP contribution in [0.2, 0.25) is 5.02 Å². The quantitative estimate of drug-likeness (QED) is 0.363. The number of aryl methyl sites for hydroxylation is 2. The number of rotatable bonds is 6. The Hall–Kier alpha value is -4.30. The van der Waals surface area contributed by atoms with Gasteiger partial charge >= 0.3 is 6.03 Å². The van der Waals surface area contributed by atoms with Crippen molar-refractivity contribution in [1.82, 2.24) is 5.32 Å². The molecule has 0 radical (unpaired) electrons. The number of aromatic hydroxyl groups is 1. The number of nitrogens with zero attached hydrogens (tertiary/aromatic N) is 1. The standard InChI is InChI=1S/C27H23ClN2O6/c1-15-4-5-17(10-16(15)2)14-36-24-22(28)12-18(13-23(24)35-3)11-21-25(32)29-27(34)30(26(21)33)19-6-8-20(31)9-7-19/h4-13,31H,14H2,1-3H3,(H,29,32,34)/b21-11+. The minimum absolute atomic E-state index is 0.0305. The molecule has 3 aromatic carbocycles. The summed E-state index contributed by atoms with van der Waals surface area (Å²) < 4.78 is 11.4. The third kappa shape index (κ3) is 5.04. The molecule has 1 fully saturated rings. The number of phenolic OH excluding ortho intramolecular Hbond substituents is 1. The maximum atomic E-state index is 13.1. The van der Waals surface area contributed by atoms with Crippen molar-refractivity contribution < 1.29 is 29.0 Å². The summed E-state index contributed by atoms with van der Waals surface area (Å²) in [5.74, 6) is -1.06. The second-order valence-electron chi connectivity index (χ2n) is 8.22. The van der Waals surface area contributed by atoms with Crippen molar-refractivity contribution in [3.05, 3.63) is 87.4 Å². The topological polar surface area (TPSA) is 105 Å². The van der Waals surface area contributed by atoms with Gasteiger partial charge in [0.05, 0.1) is 17.8 Å². The first-order valence-electron chi connectivity index (χ1n) is 10.9. The third-order valence-electron chi connectivity index (χ3n) is 5.73. The lowest BCUT2D eigenvalue weighted by atomic mass is 10.1. The number of methoxy groups -OCH3 is 1. The van der Waals surface area contributed by atoms with Gasteiger partial charge in [0.1, 0.15) is 17.9 Å². The predicted octanol–water partition coefficient (Wildman–Crippen LogP) is 4.92. The molecular weight excluding hydrogens is 484 g/mol. The number of ether oxygens (including phenoxy) is 2. The van der Waals surface area contributed by atoms with E-state index in [-0.39, 0.29) is 28.6 Å². The van der Waals surface area contributed by atoms with Gasteiger partial charge in [-0.2, -0.15) is 0 Å². The van der Waals surface area contributed by atoms with Gasteiger partial charge in [-0.05, 0) is 78.6 Å². The Labute approximate surface area is 212 Å². The number of halogens is 1. The Bertz CT molecular complexity index is 1400. The van der Waals surface area contributed by atoms with Crippen molar-refractivity contribution in [3.8, 4) is 17.2 Å². The first-order chi connectivity index (χ1) is 17.2. The minimum atomic E-state index is -0.890. The fourth-order valence-corrected chi connectivity index (χ4v) is 3.95. The lowest BCUT2D eigenvalue weighted by molar-refractivity contribution is -0.122. The molecule has 0 spiro atoms. The molecule has 0 atom stereocenters. The van der Waals surface area contributed by atoms with E-state index in [0.717, 1.165) is 16.0 Å². The highest BCUT2D eigenvalue weighted by atomic mass is 35.5. The maximum Gasteiger partial charge on any atom is 0.335 e. The Morgan fingerprint density at radius 3 is 2.39 bits per heavy atom. The summed E-state index contributed by atoms with van der Waals surface area (Å²) in [4.78, 5) is 38.7. The minimum Gasteiger partial charge on any atom is -0.508 e. The molecule has 184 valence electrons. The van der Waals surface area contributed by atoms with Crippen molar-refractivity contribution in [3.63, 3.8) is 0 Å². The predicted molar refractivity (Wildman–Crippen MR) is 135 cm³/mol. The van der Waals surface area contributed by atoms with Gasteiger partial charge in [-0.15, -0.1) is 0 Å². The molecule has 36 heavy (non-hydrogen) atoms. The number of phenols is 1. The van der Waals surface area contributed by atoms with E-state index in [0.29, 0.717) is 17.1 Å². The van der Waals surface area contributed by atoms with E-state index >= 15 is 0 Å². The van der Waals surface area contributed by atoms with Crippen molar-refractivity contribution in [2.45, 2.75) is 20.5 Å². The van der Waals surface area contributed by atoms with Crippen molar-refractivity contribution in [1.29, 1.82) is 0 Å². The lowest BCUT2D eigenvalue weighted by Crippen LogP contribution is -2.54. The molecule has 0 bridgehead atoms. The molecule has 0 unspecified atom stereocenters. The average Bonchev–Trinajstić information content (AvgIpc) is 2.84. The highest BCUT2D eigenvalue weighted by Crippen LogP contribution is 2.38. The van der Waals surface area contributed by atoms with Gasteiger partial charge in [0.15, 0.2) is 11.5 Å². The van der Waals surface area contributed by atoms with Crippen LogP contribution in [0.1, 0.15) is 22.3 Å². The van der Waals surface area contributed by atoms with Gasteiger partial charge in [0.2, 0.25) is 0 Å². The fourth-order valence-electron chi connectivity index (χ4n) is 3.67. The van der Waals surface area contributed by atoms with Crippen molar-refractivity contribution >= 4 is 41.2 Å². The molecule has 2 N–H and O–H groups in total. The molecule has 1 heterocycles. The van der Waals surface area contributed by atoms with Crippen LogP contribution in [0.15, 0.2) is 60.2 Å². The fraction of sp³-hybridized carbons (Fsp3) is 0.148. The van der Waals surface area contributed by atoms with Gasteiger partial charge in [-0.25, -0.2) is 9.69 Å². The second-order valence-corrected chi connectivity index (χ2v) is 8.62. The Morgan fingerprint density at radius 1 is 1.00 bits per heavy atom. The Kier molecular flexibility index (Phi) is 6.98. The van der Waals surface area contributed by atoms with Crippen molar-refractivity contribution in [2.75, 3.05) is 12.0 Å². The van der Waals surface area contributed by atoms with Crippen LogP contribution >= 0.6 is 11.6 Å². The SMILES string of the molecule is COc1cc(/C=C2\C(=O)NC(=O)N(c3ccc(O)cc3)C2=O)cc(Cl)c1OCc1ccc(C)c(C)c1. The van der Waals surface area contributed by atoms with E-state index in [2.05, 4.69) is 5.32 Å². The summed E-state index contributed by atoms with van der Waals surface area (Å²) >= 11 is 6.48. The summed E-state index contributed by atoms with van der Waals surface area (Å²) in [7, 11) is 1.45. The van der Waals surface area contributed by atoms with Gasteiger partial charge in [-0.1, -0.05) is 29.8 Å². The smallest absolute Gasteiger partial charge is 0.335 e. The summed E-state index contributed by atoms with van der Waals surface area (Å²) in [6.45, 7) is 4.32. The van der Waals surface area contributed by atoms with E-state index in [1.165, 1.54) is 49.1 Å². The molecule has 0 aromatic heterocycles. The third-order valence-corrected chi connectivity index (χ3v) is 6.01. The second kappa shape index (κ2) is 10.1. The number of hydrogen-bond acceptors (Lipinski definition) is 6. The van der Waals surface area contributed by atoms with Crippen LogP contribution < -0.4 is 19.7 Å². The van der Waals surface area contributed by atoms with Crippen LogP contribution in [0.4, 0.5) is 10.5 Å². The highest BCUT2D eigenvalue weighted by Gasteiger charge is 2.36. The number of benzene rings is 3.